The van der Waals surface area contributed by atoms with Crippen LogP contribution in [0.5, 0.6) is 0 Å². The number of nitrogens with zero attached hydrogens (tertiary/aromatic N) is 2. The third-order valence-electron chi connectivity index (χ3n) is 4.50. The van der Waals surface area contributed by atoms with E-state index in [2.05, 4.69) is 24.1 Å². The molecule has 108 valence electrons. The first-order chi connectivity index (χ1) is 9.50. The zero-order valence-electron chi connectivity index (χ0n) is 11.8. The maximum absolute atomic E-state index is 14.0. The van der Waals surface area contributed by atoms with Gasteiger partial charge in [0.25, 0.3) is 0 Å². The largest absolute Gasteiger partial charge is 0.364 e. The smallest absolute Gasteiger partial charge is 0.166 e. The van der Waals surface area contributed by atoms with E-state index in [1.54, 1.807) is 0 Å². The van der Waals surface area contributed by atoms with E-state index in [9.17, 15) is 4.39 Å². The molecule has 1 heterocycles. The molecule has 0 aromatic carbocycles. The number of hydrogen-bond donors (Lipinski definition) is 1. The molecule has 5 heteroatoms. The predicted molar refractivity (Wildman–Crippen MR) is 78.2 cm³/mol. The van der Waals surface area contributed by atoms with E-state index >= 15 is 0 Å². The lowest BCUT2D eigenvalue weighted by molar-refractivity contribution is 0.182. The lowest BCUT2D eigenvalue weighted by atomic mass is 9.70. The number of aromatic nitrogens is 1. The molecule has 1 saturated carbocycles. The maximum Gasteiger partial charge on any atom is 0.166 e. The van der Waals surface area contributed by atoms with Gasteiger partial charge >= 0.3 is 0 Å². The Morgan fingerprint density at radius 2 is 2.35 bits per heavy atom. The molecular weight excluding hydrogens is 277 g/mol. The van der Waals surface area contributed by atoms with Gasteiger partial charge in [-0.05, 0) is 30.7 Å². The van der Waals surface area contributed by atoms with E-state index in [-0.39, 0.29) is 28.0 Å². The third-order valence-corrected chi connectivity index (χ3v) is 4.79. The molecule has 2 atom stereocenters. The summed E-state index contributed by atoms with van der Waals surface area (Å²) in [6.07, 6.45) is 5.53. The minimum absolute atomic E-state index is 0.0467. The maximum atomic E-state index is 14.0. The van der Waals surface area contributed by atoms with Gasteiger partial charge < -0.3 is 5.32 Å². The van der Waals surface area contributed by atoms with Gasteiger partial charge in [-0.2, -0.15) is 5.26 Å². The van der Waals surface area contributed by atoms with E-state index in [1.165, 1.54) is 6.42 Å². The fourth-order valence-electron chi connectivity index (χ4n) is 2.88. The van der Waals surface area contributed by atoms with E-state index in [1.807, 2.05) is 6.07 Å². The fourth-order valence-corrected chi connectivity index (χ4v) is 3.06. The highest BCUT2D eigenvalue weighted by Gasteiger charge is 2.35. The van der Waals surface area contributed by atoms with Crippen LogP contribution in [0.25, 0.3) is 0 Å². The van der Waals surface area contributed by atoms with Crippen molar-refractivity contribution in [1.82, 2.24) is 4.98 Å². The highest BCUT2D eigenvalue weighted by Crippen LogP contribution is 2.40. The van der Waals surface area contributed by atoms with Crippen molar-refractivity contribution in [3.8, 4) is 6.07 Å². The average Bonchev–Trinajstić information content (AvgIpc) is 2.45. The van der Waals surface area contributed by atoms with Crippen LogP contribution in [-0.4, -0.2) is 11.0 Å². The van der Waals surface area contributed by atoms with Gasteiger partial charge in [0, 0.05) is 6.04 Å². The lowest BCUT2D eigenvalue weighted by Crippen LogP contribution is -2.41. The number of hydrogen-bond acceptors (Lipinski definition) is 3. The second-order valence-electron chi connectivity index (χ2n) is 5.72. The topological polar surface area (TPSA) is 48.7 Å². The van der Waals surface area contributed by atoms with Gasteiger partial charge in [0.1, 0.15) is 11.2 Å². The Balaban J connectivity index is 2.25. The Bertz CT molecular complexity index is 541. The Kier molecular flexibility index (Phi) is 4.49. The van der Waals surface area contributed by atoms with E-state index < -0.39 is 5.82 Å². The first-order valence-corrected chi connectivity index (χ1v) is 7.40. The molecular formula is C15H19ClFN3. The van der Waals surface area contributed by atoms with Gasteiger partial charge in [-0.15, -0.1) is 0 Å². The van der Waals surface area contributed by atoms with Crippen molar-refractivity contribution in [2.45, 2.75) is 52.0 Å². The van der Waals surface area contributed by atoms with Crippen molar-refractivity contribution in [2.75, 3.05) is 5.32 Å². The molecule has 20 heavy (non-hydrogen) atoms. The number of nitriles is 1. The van der Waals surface area contributed by atoms with Crippen LogP contribution in [0.4, 0.5) is 10.2 Å². The molecule has 0 amide bonds. The minimum Gasteiger partial charge on any atom is -0.364 e. The second-order valence-corrected chi connectivity index (χ2v) is 6.08. The molecule has 0 saturated heterocycles. The highest BCUT2D eigenvalue weighted by atomic mass is 35.5. The standard InChI is InChI=1S/C15H19ClFN3/c1-3-15(2)7-5-4-6-12(15)19-14-11(17)8-10(9-18)13(16)20-14/h8,12H,3-7H2,1-2H3,(H,19,20)/t12-,15+/m1/s1. The van der Waals surface area contributed by atoms with Crippen LogP contribution in [0, 0.1) is 22.6 Å². The van der Waals surface area contributed by atoms with E-state index in [0.717, 1.165) is 31.7 Å². The Morgan fingerprint density at radius 1 is 1.60 bits per heavy atom. The fraction of sp³-hybridized carbons (Fsp3) is 0.600. The number of nitrogens with one attached hydrogen (secondary N) is 1. The molecule has 1 N–H and O–H groups in total. The lowest BCUT2D eigenvalue weighted by Gasteiger charge is -2.41. The summed E-state index contributed by atoms with van der Waals surface area (Å²) in [7, 11) is 0. The van der Waals surface area contributed by atoms with Crippen molar-refractivity contribution < 1.29 is 4.39 Å². The normalized spacial score (nSPS) is 26.1. The predicted octanol–water partition coefficient (Wildman–Crippen LogP) is 4.52. The molecule has 0 spiro atoms. The molecule has 1 aromatic rings. The summed E-state index contributed by atoms with van der Waals surface area (Å²) in [5.74, 6) is -0.365. The molecule has 1 aliphatic rings. The first-order valence-electron chi connectivity index (χ1n) is 7.03. The number of pyridine rings is 1. The van der Waals surface area contributed by atoms with Gasteiger partial charge in [-0.25, -0.2) is 9.37 Å². The average molecular weight is 296 g/mol. The summed E-state index contributed by atoms with van der Waals surface area (Å²) in [5.41, 5.74) is 0.212. The zero-order chi connectivity index (χ0) is 14.8. The molecule has 0 aliphatic heterocycles. The zero-order valence-corrected chi connectivity index (χ0v) is 12.6. The number of halogens is 2. The van der Waals surface area contributed by atoms with Crippen LogP contribution < -0.4 is 5.32 Å². The van der Waals surface area contributed by atoms with Crippen molar-refractivity contribution in [2.24, 2.45) is 5.41 Å². The van der Waals surface area contributed by atoms with Crippen molar-refractivity contribution in [3.05, 3.63) is 22.6 Å². The summed E-state index contributed by atoms with van der Waals surface area (Å²) in [5, 5.41) is 12.1. The minimum atomic E-state index is -0.519. The Labute approximate surface area is 124 Å². The van der Waals surface area contributed by atoms with Crippen LogP contribution in [0.1, 0.15) is 51.5 Å². The van der Waals surface area contributed by atoms with Crippen LogP contribution in [0.15, 0.2) is 6.07 Å². The molecule has 3 nitrogen and oxygen atoms in total. The van der Waals surface area contributed by atoms with Crippen LogP contribution >= 0.6 is 11.6 Å². The van der Waals surface area contributed by atoms with Gasteiger partial charge in [0.15, 0.2) is 11.6 Å². The Morgan fingerprint density at radius 3 is 3.00 bits per heavy atom. The third kappa shape index (κ3) is 2.88. The summed E-state index contributed by atoms with van der Waals surface area (Å²) in [6.45, 7) is 4.39. The molecule has 0 radical (unpaired) electrons. The molecule has 0 bridgehead atoms. The van der Waals surface area contributed by atoms with Crippen molar-refractivity contribution in [3.63, 3.8) is 0 Å². The van der Waals surface area contributed by atoms with E-state index in [0.29, 0.717) is 0 Å². The summed E-state index contributed by atoms with van der Waals surface area (Å²) >= 11 is 5.88. The van der Waals surface area contributed by atoms with Crippen molar-refractivity contribution in [1.29, 1.82) is 5.26 Å². The van der Waals surface area contributed by atoms with Crippen LogP contribution in [-0.2, 0) is 0 Å². The van der Waals surface area contributed by atoms with Crippen molar-refractivity contribution >= 4 is 17.4 Å². The molecule has 0 unspecified atom stereocenters. The van der Waals surface area contributed by atoms with E-state index in [4.69, 9.17) is 16.9 Å². The van der Waals surface area contributed by atoms with Crippen LogP contribution in [0.3, 0.4) is 0 Å². The van der Waals surface area contributed by atoms with Gasteiger partial charge in [0.2, 0.25) is 0 Å². The van der Waals surface area contributed by atoms with Gasteiger partial charge in [-0.1, -0.05) is 38.3 Å². The summed E-state index contributed by atoms with van der Waals surface area (Å²) in [6, 6.07) is 3.16. The Hall–Kier alpha value is -1.34. The first kappa shape index (κ1) is 15.1. The summed E-state index contributed by atoms with van der Waals surface area (Å²) in [4.78, 5) is 3.99. The highest BCUT2D eigenvalue weighted by molar-refractivity contribution is 6.30. The van der Waals surface area contributed by atoms with Crippen LogP contribution in [0.2, 0.25) is 5.15 Å². The number of rotatable bonds is 3. The SMILES string of the molecule is CC[C@@]1(C)CCCC[C@H]1Nc1nc(Cl)c(C#N)cc1F. The van der Waals surface area contributed by atoms with Gasteiger partial charge in [-0.3, -0.25) is 0 Å². The molecule has 1 aromatic heterocycles. The molecule has 2 rings (SSSR count). The monoisotopic (exact) mass is 295 g/mol. The quantitative estimate of drug-likeness (QED) is 0.834. The molecule has 1 fully saturated rings. The number of anilines is 1. The summed E-state index contributed by atoms with van der Waals surface area (Å²) < 4.78 is 14.0. The second kappa shape index (κ2) is 5.97. The van der Waals surface area contributed by atoms with Gasteiger partial charge in [0.05, 0.1) is 5.56 Å². The molecule has 1 aliphatic carbocycles.